The SMILES string of the molecule is CCNCC(CC)(c1ccccc1)C1CCS(=O)(=O)C1. The molecular weight excluding hydrogens is 270 g/mol. The fourth-order valence-corrected chi connectivity index (χ4v) is 5.36. The van der Waals surface area contributed by atoms with Crippen LogP contribution in [-0.4, -0.2) is 33.0 Å². The molecule has 1 N–H and O–H groups in total. The normalized spacial score (nSPS) is 24.4. The Labute approximate surface area is 122 Å². The lowest BCUT2D eigenvalue weighted by Crippen LogP contribution is -2.44. The zero-order valence-electron chi connectivity index (χ0n) is 12.4. The van der Waals surface area contributed by atoms with Crippen molar-refractivity contribution in [2.75, 3.05) is 24.6 Å². The fraction of sp³-hybridized carbons (Fsp3) is 0.625. The first-order chi connectivity index (χ1) is 9.54. The molecule has 0 aliphatic carbocycles. The third-order valence-electron chi connectivity index (χ3n) is 4.68. The predicted molar refractivity (Wildman–Crippen MR) is 83.7 cm³/mol. The lowest BCUT2D eigenvalue weighted by Gasteiger charge is -2.39. The Balaban J connectivity index is 2.38. The van der Waals surface area contributed by atoms with Gasteiger partial charge >= 0.3 is 0 Å². The van der Waals surface area contributed by atoms with Crippen LogP contribution in [0.1, 0.15) is 32.3 Å². The summed E-state index contributed by atoms with van der Waals surface area (Å²) < 4.78 is 23.8. The lowest BCUT2D eigenvalue weighted by molar-refractivity contribution is 0.269. The second-order valence-corrected chi connectivity index (χ2v) is 7.98. The summed E-state index contributed by atoms with van der Waals surface area (Å²) in [7, 11) is -2.85. The number of hydrogen-bond acceptors (Lipinski definition) is 3. The summed E-state index contributed by atoms with van der Waals surface area (Å²) in [6.45, 7) is 6.03. The molecule has 3 nitrogen and oxygen atoms in total. The van der Waals surface area contributed by atoms with Gasteiger partial charge in [0.15, 0.2) is 9.84 Å². The van der Waals surface area contributed by atoms with Crippen molar-refractivity contribution < 1.29 is 8.42 Å². The summed E-state index contributed by atoms with van der Waals surface area (Å²) in [6.07, 6.45) is 1.75. The first-order valence-corrected chi connectivity index (χ1v) is 9.33. The third-order valence-corrected chi connectivity index (χ3v) is 6.45. The van der Waals surface area contributed by atoms with Crippen molar-refractivity contribution >= 4 is 9.84 Å². The fourth-order valence-electron chi connectivity index (χ4n) is 3.45. The van der Waals surface area contributed by atoms with E-state index >= 15 is 0 Å². The van der Waals surface area contributed by atoms with Crippen LogP contribution in [0.5, 0.6) is 0 Å². The molecule has 4 heteroatoms. The Morgan fingerprint density at radius 3 is 2.45 bits per heavy atom. The summed E-state index contributed by atoms with van der Waals surface area (Å²) in [5.74, 6) is 0.901. The number of likely N-dealkylation sites (N-methyl/N-ethyl adjacent to an activating group) is 1. The third kappa shape index (κ3) is 3.07. The van der Waals surface area contributed by atoms with Crippen LogP contribution in [0.4, 0.5) is 0 Å². The van der Waals surface area contributed by atoms with Crippen LogP contribution in [0.25, 0.3) is 0 Å². The maximum absolute atomic E-state index is 11.9. The van der Waals surface area contributed by atoms with Crippen molar-refractivity contribution in [3.05, 3.63) is 35.9 Å². The van der Waals surface area contributed by atoms with Crippen molar-refractivity contribution in [1.82, 2.24) is 5.32 Å². The molecule has 0 aromatic heterocycles. The monoisotopic (exact) mass is 295 g/mol. The molecule has 1 saturated heterocycles. The quantitative estimate of drug-likeness (QED) is 0.876. The Bertz CT molecular complexity index is 527. The van der Waals surface area contributed by atoms with Gasteiger partial charge in [0.25, 0.3) is 0 Å². The van der Waals surface area contributed by atoms with Crippen LogP contribution in [-0.2, 0) is 15.3 Å². The average molecular weight is 295 g/mol. The minimum atomic E-state index is -2.85. The van der Waals surface area contributed by atoms with Crippen LogP contribution in [0.15, 0.2) is 30.3 Å². The van der Waals surface area contributed by atoms with E-state index < -0.39 is 9.84 Å². The van der Waals surface area contributed by atoms with Gasteiger partial charge in [-0.05, 0) is 30.9 Å². The molecule has 20 heavy (non-hydrogen) atoms. The Hall–Kier alpha value is -0.870. The highest BCUT2D eigenvalue weighted by atomic mass is 32.2. The molecule has 0 spiro atoms. The molecule has 112 valence electrons. The van der Waals surface area contributed by atoms with Gasteiger partial charge in [-0.15, -0.1) is 0 Å². The van der Waals surface area contributed by atoms with E-state index in [0.717, 1.165) is 25.9 Å². The van der Waals surface area contributed by atoms with E-state index in [-0.39, 0.29) is 11.3 Å². The highest BCUT2D eigenvalue weighted by Crippen LogP contribution is 2.41. The molecule has 0 saturated carbocycles. The Morgan fingerprint density at radius 1 is 1.25 bits per heavy atom. The molecule has 1 aliphatic rings. The van der Waals surface area contributed by atoms with Crippen LogP contribution >= 0.6 is 0 Å². The minimum absolute atomic E-state index is 0.0686. The molecule has 1 aliphatic heterocycles. The van der Waals surface area contributed by atoms with E-state index in [0.29, 0.717) is 11.5 Å². The van der Waals surface area contributed by atoms with Gasteiger partial charge in [-0.25, -0.2) is 8.42 Å². The smallest absolute Gasteiger partial charge is 0.150 e. The number of benzene rings is 1. The first kappa shape index (κ1) is 15.5. The maximum atomic E-state index is 11.9. The number of rotatable bonds is 6. The summed E-state index contributed by atoms with van der Waals surface area (Å²) in [5, 5.41) is 3.45. The number of sulfone groups is 1. The second kappa shape index (κ2) is 6.27. The standard InChI is InChI=1S/C16H25NO2S/c1-3-16(13-17-4-2,14-8-6-5-7-9-14)15-10-11-20(18,19)12-15/h5-9,15,17H,3-4,10-13H2,1-2H3. The molecule has 0 bridgehead atoms. The molecule has 1 heterocycles. The van der Waals surface area contributed by atoms with Crippen molar-refractivity contribution in [1.29, 1.82) is 0 Å². The van der Waals surface area contributed by atoms with Gasteiger partial charge < -0.3 is 5.32 Å². The number of nitrogens with one attached hydrogen (secondary N) is 1. The first-order valence-electron chi connectivity index (χ1n) is 7.50. The van der Waals surface area contributed by atoms with Gasteiger partial charge in [-0.3, -0.25) is 0 Å². The number of hydrogen-bond donors (Lipinski definition) is 1. The van der Waals surface area contributed by atoms with Gasteiger partial charge in [0.05, 0.1) is 11.5 Å². The van der Waals surface area contributed by atoms with Gasteiger partial charge in [0.2, 0.25) is 0 Å². The molecule has 2 rings (SSSR count). The highest BCUT2D eigenvalue weighted by molar-refractivity contribution is 7.91. The van der Waals surface area contributed by atoms with Crippen molar-refractivity contribution in [3.63, 3.8) is 0 Å². The summed E-state index contributed by atoms with van der Waals surface area (Å²) in [6, 6.07) is 10.4. The van der Waals surface area contributed by atoms with Crippen LogP contribution < -0.4 is 5.32 Å². The van der Waals surface area contributed by atoms with Gasteiger partial charge in [0, 0.05) is 12.0 Å². The largest absolute Gasteiger partial charge is 0.316 e. The van der Waals surface area contributed by atoms with Crippen molar-refractivity contribution in [2.45, 2.75) is 32.1 Å². The van der Waals surface area contributed by atoms with E-state index in [4.69, 9.17) is 0 Å². The van der Waals surface area contributed by atoms with Crippen LogP contribution in [0, 0.1) is 5.92 Å². The highest BCUT2D eigenvalue weighted by Gasteiger charge is 2.44. The van der Waals surface area contributed by atoms with E-state index in [2.05, 4.69) is 43.4 Å². The molecule has 1 aromatic carbocycles. The van der Waals surface area contributed by atoms with Gasteiger partial charge in [-0.1, -0.05) is 44.2 Å². The molecule has 1 fully saturated rings. The minimum Gasteiger partial charge on any atom is -0.316 e. The van der Waals surface area contributed by atoms with Crippen molar-refractivity contribution in [3.8, 4) is 0 Å². The van der Waals surface area contributed by atoms with E-state index in [9.17, 15) is 8.42 Å². The molecule has 0 amide bonds. The summed E-state index contributed by atoms with van der Waals surface area (Å²) in [5.41, 5.74) is 1.20. The Kier molecular flexibility index (Phi) is 4.86. The van der Waals surface area contributed by atoms with E-state index in [1.807, 2.05) is 6.07 Å². The average Bonchev–Trinajstić information content (AvgIpc) is 2.82. The van der Waals surface area contributed by atoms with Crippen LogP contribution in [0.3, 0.4) is 0 Å². The molecule has 0 radical (unpaired) electrons. The lowest BCUT2D eigenvalue weighted by atomic mass is 9.68. The van der Waals surface area contributed by atoms with E-state index in [1.165, 1.54) is 5.56 Å². The Morgan fingerprint density at radius 2 is 1.95 bits per heavy atom. The van der Waals surface area contributed by atoms with Crippen molar-refractivity contribution in [2.24, 2.45) is 5.92 Å². The second-order valence-electron chi connectivity index (χ2n) is 5.76. The molecule has 1 aromatic rings. The zero-order chi connectivity index (χ0) is 14.6. The maximum Gasteiger partial charge on any atom is 0.150 e. The molecule has 2 unspecified atom stereocenters. The van der Waals surface area contributed by atoms with Gasteiger partial charge in [-0.2, -0.15) is 0 Å². The summed E-state index contributed by atoms with van der Waals surface area (Å²) in [4.78, 5) is 0. The van der Waals surface area contributed by atoms with E-state index in [1.54, 1.807) is 0 Å². The zero-order valence-corrected chi connectivity index (χ0v) is 13.2. The topological polar surface area (TPSA) is 46.2 Å². The molecular formula is C16H25NO2S. The predicted octanol–water partition coefficient (Wildman–Crippen LogP) is 2.38. The van der Waals surface area contributed by atoms with Crippen LogP contribution in [0.2, 0.25) is 0 Å². The van der Waals surface area contributed by atoms with Gasteiger partial charge in [0.1, 0.15) is 0 Å². The molecule has 2 atom stereocenters. The summed E-state index contributed by atoms with van der Waals surface area (Å²) >= 11 is 0.